The Morgan fingerprint density at radius 1 is 1.33 bits per heavy atom. The number of ether oxygens (including phenoxy) is 1. The average Bonchev–Trinajstić information content (AvgIpc) is 2.30. The van der Waals surface area contributed by atoms with E-state index in [0.29, 0.717) is 17.7 Å². The zero-order valence-electron chi connectivity index (χ0n) is 8.01. The molecule has 0 atom stereocenters. The van der Waals surface area contributed by atoms with Crippen LogP contribution in [0, 0.1) is 0 Å². The van der Waals surface area contributed by atoms with Gasteiger partial charge in [0.15, 0.2) is 0 Å². The highest BCUT2D eigenvalue weighted by Crippen LogP contribution is 2.21. The highest BCUT2D eigenvalue weighted by Gasteiger charge is 2.13. The largest absolute Gasteiger partial charge is 0.496 e. The van der Waals surface area contributed by atoms with Crippen LogP contribution in [0.2, 0.25) is 0 Å². The Labute approximate surface area is 87.3 Å². The predicted molar refractivity (Wildman–Crippen MR) is 56.5 cm³/mol. The van der Waals surface area contributed by atoms with Gasteiger partial charge in [0.25, 0.3) is 0 Å². The van der Waals surface area contributed by atoms with Gasteiger partial charge in [0.05, 0.1) is 11.8 Å². The van der Waals surface area contributed by atoms with Gasteiger partial charge in [-0.25, -0.2) is 4.79 Å². The van der Waals surface area contributed by atoms with Crippen molar-refractivity contribution in [2.45, 2.75) is 0 Å². The van der Waals surface area contributed by atoms with Crippen LogP contribution in [0.25, 0.3) is 5.57 Å². The predicted octanol–water partition coefficient (Wildman–Crippen LogP) is 2.31. The van der Waals surface area contributed by atoms with Crippen LogP contribution in [0.15, 0.2) is 42.7 Å². The van der Waals surface area contributed by atoms with Crippen LogP contribution in [-0.4, -0.2) is 17.7 Å². The third-order valence-electron chi connectivity index (χ3n) is 2.21. The summed E-state index contributed by atoms with van der Waals surface area (Å²) < 4.78 is 5.13. The first-order valence-electron chi connectivity index (χ1n) is 4.59. The van der Waals surface area contributed by atoms with Gasteiger partial charge in [-0.3, -0.25) is 0 Å². The van der Waals surface area contributed by atoms with Gasteiger partial charge in [0.1, 0.15) is 6.61 Å². The Hall–Kier alpha value is -2.03. The number of carboxylic acid groups (broad SMARTS) is 1. The van der Waals surface area contributed by atoms with E-state index >= 15 is 0 Å². The first-order chi connectivity index (χ1) is 7.29. The maximum Gasteiger partial charge on any atom is 0.336 e. The van der Waals surface area contributed by atoms with Crippen LogP contribution < -0.4 is 0 Å². The number of benzene rings is 1. The maximum atomic E-state index is 11.0. The number of hydrogen-bond acceptors (Lipinski definition) is 2. The van der Waals surface area contributed by atoms with E-state index < -0.39 is 5.97 Å². The molecule has 0 radical (unpaired) electrons. The Morgan fingerprint density at radius 3 is 2.80 bits per heavy atom. The van der Waals surface area contributed by atoms with E-state index in [1.54, 1.807) is 30.5 Å². The van der Waals surface area contributed by atoms with Gasteiger partial charge in [-0.1, -0.05) is 24.3 Å². The van der Waals surface area contributed by atoms with Crippen molar-refractivity contribution < 1.29 is 14.6 Å². The van der Waals surface area contributed by atoms with Gasteiger partial charge in [0, 0.05) is 0 Å². The van der Waals surface area contributed by atoms with Crippen molar-refractivity contribution in [1.82, 2.24) is 0 Å². The number of rotatable bonds is 2. The Kier molecular flexibility index (Phi) is 2.54. The molecule has 0 aromatic heterocycles. The molecule has 3 nitrogen and oxygen atoms in total. The fourth-order valence-electron chi connectivity index (χ4n) is 1.51. The van der Waals surface area contributed by atoms with Crippen molar-refractivity contribution in [2.24, 2.45) is 0 Å². The highest BCUT2D eigenvalue weighted by atomic mass is 16.5. The van der Waals surface area contributed by atoms with Crippen LogP contribution in [0.5, 0.6) is 0 Å². The van der Waals surface area contributed by atoms with Crippen molar-refractivity contribution in [2.75, 3.05) is 6.61 Å². The molecule has 0 saturated heterocycles. The molecule has 15 heavy (non-hydrogen) atoms. The second kappa shape index (κ2) is 4.00. The number of carbonyl (C=O) groups is 1. The van der Waals surface area contributed by atoms with E-state index in [1.165, 1.54) is 0 Å². The minimum Gasteiger partial charge on any atom is -0.496 e. The second-order valence-electron chi connectivity index (χ2n) is 3.18. The quantitative estimate of drug-likeness (QED) is 0.800. The maximum absolute atomic E-state index is 11.0. The molecule has 0 unspecified atom stereocenters. The molecule has 0 bridgehead atoms. The molecular formula is C12H10O3. The molecule has 2 rings (SSSR count). The van der Waals surface area contributed by atoms with E-state index in [4.69, 9.17) is 9.84 Å². The van der Waals surface area contributed by atoms with E-state index in [1.807, 2.05) is 12.1 Å². The molecule has 0 spiro atoms. The van der Waals surface area contributed by atoms with Crippen molar-refractivity contribution in [3.05, 3.63) is 53.8 Å². The zero-order chi connectivity index (χ0) is 10.7. The first-order valence-corrected chi connectivity index (χ1v) is 4.59. The lowest BCUT2D eigenvalue weighted by Crippen LogP contribution is -2.05. The number of carboxylic acids is 1. The third kappa shape index (κ3) is 1.91. The van der Waals surface area contributed by atoms with Crippen molar-refractivity contribution in [3.8, 4) is 0 Å². The van der Waals surface area contributed by atoms with Crippen molar-refractivity contribution >= 4 is 11.5 Å². The average molecular weight is 202 g/mol. The van der Waals surface area contributed by atoms with E-state index in [0.717, 1.165) is 5.57 Å². The number of allylic oxidation sites excluding steroid dienone is 2. The van der Waals surface area contributed by atoms with Crippen LogP contribution >= 0.6 is 0 Å². The van der Waals surface area contributed by atoms with Crippen molar-refractivity contribution in [3.63, 3.8) is 0 Å². The van der Waals surface area contributed by atoms with E-state index in [-0.39, 0.29) is 0 Å². The molecule has 1 aliphatic heterocycles. The zero-order valence-corrected chi connectivity index (χ0v) is 8.01. The van der Waals surface area contributed by atoms with Gasteiger partial charge in [-0.2, -0.15) is 0 Å². The molecule has 1 aromatic carbocycles. The van der Waals surface area contributed by atoms with Gasteiger partial charge < -0.3 is 9.84 Å². The van der Waals surface area contributed by atoms with Gasteiger partial charge in [-0.05, 0) is 23.3 Å². The fourth-order valence-corrected chi connectivity index (χ4v) is 1.51. The molecular weight excluding hydrogens is 192 g/mol. The summed E-state index contributed by atoms with van der Waals surface area (Å²) in [5, 5.41) is 9.01. The summed E-state index contributed by atoms with van der Waals surface area (Å²) in [6.45, 7) is 0.417. The normalized spacial score (nSPS) is 14.3. The first kappa shape index (κ1) is 9.52. The molecule has 0 saturated carbocycles. The molecule has 3 heteroatoms. The van der Waals surface area contributed by atoms with E-state index in [9.17, 15) is 4.79 Å². The number of aromatic carboxylic acids is 1. The molecule has 0 aliphatic carbocycles. The summed E-state index contributed by atoms with van der Waals surface area (Å²) in [7, 11) is 0. The molecule has 1 aromatic rings. The summed E-state index contributed by atoms with van der Waals surface area (Å²) in [6.07, 6.45) is 5.22. The lowest BCUT2D eigenvalue weighted by atomic mass is 9.99. The Morgan fingerprint density at radius 2 is 2.13 bits per heavy atom. The lowest BCUT2D eigenvalue weighted by molar-refractivity contribution is 0.0696. The molecule has 0 fully saturated rings. The SMILES string of the molecule is O=C(O)c1ccccc1C1=CC=COC1. The molecule has 1 heterocycles. The van der Waals surface area contributed by atoms with Crippen LogP contribution in [0.4, 0.5) is 0 Å². The Bertz CT molecular complexity index is 444. The smallest absolute Gasteiger partial charge is 0.336 e. The number of hydrogen-bond donors (Lipinski definition) is 1. The topological polar surface area (TPSA) is 46.5 Å². The minimum absolute atomic E-state index is 0.308. The lowest BCUT2D eigenvalue weighted by Gasteiger charge is -2.12. The summed E-state index contributed by atoms with van der Waals surface area (Å²) in [6, 6.07) is 6.92. The van der Waals surface area contributed by atoms with Gasteiger partial charge >= 0.3 is 5.97 Å². The van der Waals surface area contributed by atoms with Crippen LogP contribution in [0.3, 0.4) is 0 Å². The van der Waals surface area contributed by atoms with E-state index in [2.05, 4.69) is 0 Å². The van der Waals surface area contributed by atoms with Gasteiger partial charge in [-0.15, -0.1) is 0 Å². The summed E-state index contributed by atoms with van der Waals surface area (Å²) in [5.41, 5.74) is 1.91. The van der Waals surface area contributed by atoms with Crippen LogP contribution in [0.1, 0.15) is 15.9 Å². The highest BCUT2D eigenvalue weighted by molar-refractivity contribution is 5.94. The monoisotopic (exact) mass is 202 g/mol. The second-order valence-corrected chi connectivity index (χ2v) is 3.18. The third-order valence-corrected chi connectivity index (χ3v) is 2.21. The molecule has 1 N–H and O–H groups in total. The van der Waals surface area contributed by atoms with Gasteiger partial charge in [0.2, 0.25) is 0 Å². The molecule has 76 valence electrons. The summed E-state index contributed by atoms with van der Waals surface area (Å²) >= 11 is 0. The standard InChI is InChI=1S/C12H10O3/c13-12(14)11-6-2-1-5-10(11)9-4-3-7-15-8-9/h1-7H,8H2,(H,13,14). The fraction of sp³-hybridized carbons (Fsp3) is 0.0833. The van der Waals surface area contributed by atoms with Crippen LogP contribution in [-0.2, 0) is 4.74 Å². The van der Waals surface area contributed by atoms with Crippen molar-refractivity contribution in [1.29, 1.82) is 0 Å². The summed E-state index contributed by atoms with van der Waals surface area (Å²) in [4.78, 5) is 11.0. The molecule has 1 aliphatic rings. The minimum atomic E-state index is -0.916. The summed E-state index contributed by atoms with van der Waals surface area (Å²) in [5.74, 6) is -0.916. The molecule has 0 amide bonds. The Balaban J connectivity index is 2.47.